The van der Waals surface area contributed by atoms with Gasteiger partial charge in [-0.3, -0.25) is 0 Å². The molecule has 30 heavy (non-hydrogen) atoms. The van der Waals surface area contributed by atoms with Gasteiger partial charge >= 0.3 is 6.18 Å². The van der Waals surface area contributed by atoms with Crippen LogP contribution in [0.25, 0.3) is 0 Å². The first-order valence-corrected chi connectivity index (χ1v) is 9.94. The molecule has 0 aliphatic carbocycles. The van der Waals surface area contributed by atoms with Crippen molar-refractivity contribution in [2.24, 2.45) is 0 Å². The van der Waals surface area contributed by atoms with E-state index >= 15 is 0 Å². The number of benzene rings is 1. The molecule has 1 aromatic carbocycles. The quantitative estimate of drug-likeness (QED) is 0.765. The average Bonchev–Trinajstić information content (AvgIpc) is 2.76. The summed E-state index contributed by atoms with van der Waals surface area (Å²) < 4.78 is 46.5. The van der Waals surface area contributed by atoms with E-state index in [1.54, 1.807) is 6.07 Å². The minimum atomic E-state index is -4.50. The highest BCUT2D eigenvalue weighted by Gasteiger charge is 2.34. The molecule has 0 bridgehead atoms. The third kappa shape index (κ3) is 4.65. The molecule has 1 aromatic heterocycles. The maximum Gasteiger partial charge on any atom is 0.416 e. The zero-order chi connectivity index (χ0) is 21.7. The summed E-state index contributed by atoms with van der Waals surface area (Å²) in [5.41, 5.74) is 1.74. The Morgan fingerprint density at radius 1 is 1.17 bits per heavy atom. The van der Waals surface area contributed by atoms with Crippen molar-refractivity contribution in [2.75, 3.05) is 36.5 Å². The lowest BCUT2D eigenvalue weighted by Gasteiger charge is -2.29. The summed E-state index contributed by atoms with van der Waals surface area (Å²) in [6, 6.07) is 6.45. The van der Waals surface area contributed by atoms with Crippen LogP contribution in [0.4, 0.5) is 24.7 Å². The number of aromatic nitrogens is 2. The van der Waals surface area contributed by atoms with Gasteiger partial charge in [-0.2, -0.15) is 23.5 Å². The van der Waals surface area contributed by atoms with Crippen LogP contribution >= 0.6 is 0 Å². The molecule has 2 heterocycles. The molecule has 0 unspecified atom stereocenters. The van der Waals surface area contributed by atoms with Crippen LogP contribution < -0.4 is 10.2 Å². The first kappa shape index (κ1) is 21.8. The van der Waals surface area contributed by atoms with Crippen LogP contribution in [0.15, 0.2) is 18.2 Å². The molecule has 1 aliphatic rings. The molecule has 3 rings (SSSR count). The van der Waals surface area contributed by atoms with Gasteiger partial charge in [0, 0.05) is 25.3 Å². The molecule has 160 valence electrons. The van der Waals surface area contributed by atoms with Crippen LogP contribution in [-0.2, 0) is 30.3 Å². The van der Waals surface area contributed by atoms with Crippen LogP contribution in [0.1, 0.15) is 41.8 Å². The molecule has 1 saturated heterocycles. The molecule has 1 fully saturated rings. The molecule has 0 atom stereocenters. The fourth-order valence-corrected chi connectivity index (χ4v) is 3.60. The first-order chi connectivity index (χ1) is 14.4. The summed E-state index contributed by atoms with van der Waals surface area (Å²) in [5, 5.41) is 20.6. The Morgan fingerprint density at radius 2 is 1.90 bits per heavy atom. The zero-order valence-corrected chi connectivity index (χ0v) is 17.0. The smallest absolute Gasteiger partial charge is 0.378 e. The van der Waals surface area contributed by atoms with Gasteiger partial charge in [0.05, 0.1) is 24.5 Å². The number of nitrogens with one attached hydrogen (secondary N) is 1. The standard InChI is InChI=1S/C21H24F3N5O/c1-3-16-17(12-25)20(28-27-19(16)4-2)26-13-14-5-6-15(11-18(14)21(22,23)24)29-7-9-30-10-8-29/h5-6,11H,3-4,7-10,13H2,1-2H3,(H,26,28). The van der Waals surface area contributed by atoms with Gasteiger partial charge in [-0.1, -0.05) is 19.9 Å². The number of aryl methyl sites for hydroxylation is 1. The lowest BCUT2D eigenvalue weighted by molar-refractivity contribution is -0.138. The summed E-state index contributed by atoms with van der Waals surface area (Å²) in [5.74, 6) is 0.205. The Bertz CT molecular complexity index is 933. The van der Waals surface area contributed by atoms with Crippen LogP contribution in [0.2, 0.25) is 0 Å². The number of hydrogen-bond acceptors (Lipinski definition) is 6. The molecule has 0 radical (unpaired) electrons. The van der Waals surface area contributed by atoms with E-state index in [0.29, 0.717) is 50.4 Å². The minimum absolute atomic E-state index is 0.0859. The molecule has 0 amide bonds. The summed E-state index contributed by atoms with van der Waals surface area (Å²) in [6.45, 7) is 5.81. The van der Waals surface area contributed by atoms with Gasteiger partial charge in [0.1, 0.15) is 11.6 Å². The number of morpholine rings is 1. The van der Waals surface area contributed by atoms with E-state index in [1.807, 2.05) is 18.7 Å². The molecule has 9 heteroatoms. The van der Waals surface area contributed by atoms with Crippen molar-refractivity contribution in [3.63, 3.8) is 0 Å². The Morgan fingerprint density at radius 3 is 2.50 bits per heavy atom. The number of hydrogen-bond donors (Lipinski definition) is 1. The molecule has 1 N–H and O–H groups in total. The molecule has 0 spiro atoms. The highest BCUT2D eigenvalue weighted by molar-refractivity contribution is 5.58. The number of halogens is 3. The lowest BCUT2D eigenvalue weighted by atomic mass is 10.0. The summed E-state index contributed by atoms with van der Waals surface area (Å²) in [6.07, 6.45) is -3.27. The third-order valence-electron chi connectivity index (χ3n) is 5.18. The molecule has 1 aliphatic heterocycles. The normalized spacial score (nSPS) is 14.5. The largest absolute Gasteiger partial charge is 0.416 e. The fraction of sp³-hybridized carbons (Fsp3) is 0.476. The van der Waals surface area contributed by atoms with E-state index in [-0.39, 0.29) is 17.9 Å². The molecular weight excluding hydrogens is 395 g/mol. The predicted molar refractivity (Wildman–Crippen MR) is 107 cm³/mol. The maximum absolute atomic E-state index is 13.7. The first-order valence-electron chi connectivity index (χ1n) is 9.94. The number of nitrogens with zero attached hydrogens (tertiary/aromatic N) is 4. The Balaban J connectivity index is 1.89. The molecule has 2 aromatic rings. The predicted octanol–water partition coefficient (Wildman–Crippen LogP) is 3.94. The van der Waals surface area contributed by atoms with Gasteiger partial charge in [0.15, 0.2) is 5.82 Å². The SMILES string of the molecule is CCc1nnc(NCc2ccc(N3CCOCC3)cc2C(F)(F)F)c(C#N)c1CC. The third-order valence-corrected chi connectivity index (χ3v) is 5.18. The Hall–Kier alpha value is -2.86. The summed E-state index contributed by atoms with van der Waals surface area (Å²) in [7, 11) is 0. The summed E-state index contributed by atoms with van der Waals surface area (Å²) >= 11 is 0. The number of ether oxygens (including phenoxy) is 1. The van der Waals surface area contributed by atoms with Crippen molar-refractivity contribution >= 4 is 11.5 Å². The van der Waals surface area contributed by atoms with E-state index < -0.39 is 11.7 Å². The van der Waals surface area contributed by atoms with Crippen molar-refractivity contribution in [1.29, 1.82) is 5.26 Å². The van der Waals surface area contributed by atoms with Crippen LogP contribution in [0.5, 0.6) is 0 Å². The van der Waals surface area contributed by atoms with E-state index in [4.69, 9.17) is 4.74 Å². The fourth-order valence-electron chi connectivity index (χ4n) is 3.60. The van der Waals surface area contributed by atoms with E-state index in [9.17, 15) is 18.4 Å². The highest BCUT2D eigenvalue weighted by atomic mass is 19.4. The van der Waals surface area contributed by atoms with Crippen molar-refractivity contribution in [3.05, 3.63) is 46.1 Å². The highest BCUT2D eigenvalue weighted by Crippen LogP contribution is 2.35. The summed E-state index contributed by atoms with van der Waals surface area (Å²) in [4.78, 5) is 1.88. The van der Waals surface area contributed by atoms with Crippen molar-refractivity contribution < 1.29 is 17.9 Å². The Labute approximate surface area is 173 Å². The van der Waals surface area contributed by atoms with E-state index in [1.165, 1.54) is 12.1 Å². The van der Waals surface area contributed by atoms with Crippen molar-refractivity contribution in [2.45, 2.75) is 39.4 Å². The number of alkyl halides is 3. The second-order valence-corrected chi connectivity index (χ2v) is 6.96. The lowest BCUT2D eigenvalue weighted by Crippen LogP contribution is -2.36. The van der Waals surface area contributed by atoms with E-state index in [2.05, 4.69) is 21.6 Å². The van der Waals surface area contributed by atoms with Gasteiger partial charge < -0.3 is 15.0 Å². The van der Waals surface area contributed by atoms with E-state index in [0.717, 1.165) is 11.3 Å². The van der Waals surface area contributed by atoms with Crippen molar-refractivity contribution in [1.82, 2.24) is 10.2 Å². The maximum atomic E-state index is 13.7. The monoisotopic (exact) mass is 419 g/mol. The van der Waals surface area contributed by atoms with Gasteiger partial charge in [-0.05, 0) is 36.1 Å². The number of rotatable bonds is 6. The molecule has 0 saturated carbocycles. The van der Waals surface area contributed by atoms with Crippen LogP contribution in [-0.4, -0.2) is 36.5 Å². The number of anilines is 2. The topological polar surface area (TPSA) is 74.1 Å². The van der Waals surface area contributed by atoms with Crippen LogP contribution in [0.3, 0.4) is 0 Å². The molecular formula is C21H24F3N5O. The van der Waals surface area contributed by atoms with Gasteiger partial charge in [-0.15, -0.1) is 5.10 Å². The second-order valence-electron chi connectivity index (χ2n) is 6.96. The van der Waals surface area contributed by atoms with Crippen molar-refractivity contribution in [3.8, 4) is 6.07 Å². The molecule has 6 nitrogen and oxygen atoms in total. The second kappa shape index (κ2) is 9.30. The van der Waals surface area contributed by atoms with Gasteiger partial charge in [-0.25, -0.2) is 0 Å². The van der Waals surface area contributed by atoms with Gasteiger partial charge in [0.2, 0.25) is 0 Å². The zero-order valence-electron chi connectivity index (χ0n) is 17.0. The minimum Gasteiger partial charge on any atom is -0.378 e. The average molecular weight is 419 g/mol. The number of nitriles is 1. The van der Waals surface area contributed by atoms with Gasteiger partial charge in [0.25, 0.3) is 0 Å². The van der Waals surface area contributed by atoms with Crippen LogP contribution in [0, 0.1) is 11.3 Å². The Kier molecular flexibility index (Phi) is 6.77.